The molecule has 1 N–H and O–H groups in total. The van der Waals surface area contributed by atoms with Crippen molar-refractivity contribution < 1.29 is 9.63 Å². The first-order chi connectivity index (χ1) is 7.49. The molecular formula is C12H16ClNO2. The van der Waals surface area contributed by atoms with E-state index in [0.29, 0.717) is 23.1 Å². The third-order valence-corrected chi connectivity index (χ3v) is 2.10. The van der Waals surface area contributed by atoms with Crippen LogP contribution in [0.5, 0.6) is 0 Å². The van der Waals surface area contributed by atoms with Gasteiger partial charge in [0.15, 0.2) is 0 Å². The molecule has 1 aromatic carbocycles. The van der Waals surface area contributed by atoms with Gasteiger partial charge in [-0.15, -0.1) is 0 Å². The summed E-state index contributed by atoms with van der Waals surface area (Å²) < 4.78 is 0. The Labute approximate surface area is 101 Å². The molecule has 0 aliphatic carbocycles. The molecule has 1 amide bonds. The maximum Gasteiger partial charge on any atom is 0.274 e. The third-order valence-electron chi connectivity index (χ3n) is 1.89. The highest BCUT2D eigenvalue weighted by molar-refractivity contribution is 6.31. The van der Waals surface area contributed by atoms with E-state index in [1.54, 1.807) is 18.2 Å². The van der Waals surface area contributed by atoms with Crippen molar-refractivity contribution in [3.05, 3.63) is 34.3 Å². The highest BCUT2D eigenvalue weighted by Crippen LogP contribution is 2.14. The number of amides is 1. The molecule has 0 aliphatic heterocycles. The predicted octanol–water partition coefficient (Wildman–Crippen LogP) is 2.97. The van der Waals surface area contributed by atoms with Gasteiger partial charge >= 0.3 is 0 Å². The van der Waals surface area contributed by atoms with Gasteiger partial charge in [0.2, 0.25) is 0 Å². The molecule has 0 fully saturated rings. The Bertz CT molecular complexity index is 357. The average Bonchev–Trinajstić information content (AvgIpc) is 2.15. The molecule has 0 radical (unpaired) electrons. The van der Waals surface area contributed by atoms with Gasteiger partial charge in [-0.3, -0.25) is 9.63 Å². The summed E-state index contributed by atoms with van der Waals surface area (Å²) in [5.74, 6) is 0.104. The SMILES string of the molecule is Cc1cc(Cl)cc(C(=O)NOCC(C)C)c1. The lowest BCUT2D eigenvalue weighted by Gasteiger charge is -2.08. The molecule has 0 heterocycles. The lowest BCUT2D eigenvalue weighted by atomic mass is 10.1. The first-order valence-electron chi connectivity index (χ1n) is 5.18. The summed E-state index contributed by atoms with van der Waals surface area (Å²) in [6, 6.07) is 5.18. The molecule has 1 rings (SSSR count). The van der Waals surface area contributed by atoms with Crippen LogP contribution in [0.3, 0.4) is 0 Å². The van der Waals surface area contributed by atoms with Crippen LogP contribution in [0.15, 0.2) is 18.2 Å². The van der Waals surface area contributed by atoms with Gasteiger partial charge in [0.1, 0.15) is 0 Å². The normalized spacial score (nSPS) is 10.6. The van der Waals surface area contributed by atoms with E-state index in [0.717, 1.165) is 5.56 Å². The molecule has 3 nitrogen and oxygen atoms in total. The first-order valence-corrected chi connectivity index (χ1v) is 5.56. The van der Waals surface area contributed by atoms with E-state index >= 15 is 0 Å². The van der Waals surface area contributed by atoms with E-state index in [4.69, 9.17) is 16.4 Å². The Morgan fingerprint density at radius 3 is 2.69 bits per heavy atom. The molecular weight excluding hydrogens is 226 g/mol. The summed E-state index contributed by atoms with van der Waals surface area (Å²) in [6.45, 7) is 6.40. The Balaban J connectivity index is 2.59. The maximum absolute atomic E-state index is 11.6. The lowest BCUT2D eigenvalue weighted by Crippen LogP contribution is -2.25. The van der Waals surface area contributed by atoms with Gasteiger partial charge in [-0.1, -0.05) is 25.4 Å². The monoisotopic (exact) mass is 241 g/mol. The number of hydroxylamine groups is 1. The molecule has 0 aliphatic rings. The summed E-state index contributed by atoms with van der Waals surface area (Å²) >= 11 is 5.86. The minimum absolute atomic E-state index is 0.272. The number of carbonyl (C=O) groups is 1. The van der Waals surface area contributed by atoms with Crippen molar-refractivity contribution >= 4 is 17.5 Å². The number of hydrogen-bond acceptors (Lipinski definition) is 2. The fourth-order valence-corrected chi connectivity index (χ4v) is 1.49. The lowest BCUT2D eigenvalue weighted by molar-refractivity contribution is 0.0208. The van der Waals surface area contributed by atoms with E-state index in [9.17, 15) is 4.79 Å². The van der Waals surface area contributed by atoms with Crippen molar-refractivity contribution in [3.63, 3.8) is 0 Å². The van der Waals surface area contributed by atoms with E-state index in [1.165, 1.54) is 0 Å². The number of rotatable bonds is 4. The number of nitrogens with one attached hydrogen (secondary N) is 1. The Morgan fingerprint density at radius 1 is 1.44 bits per heavy atom. The van der Waals surface area contributed by atoms with Gasteiger partial charge in [-0.25, -0.2) is 5.48 Å². The van der Waals surface area contributed by atoms with Crippen LogP contribution in [0.25, 0.3) is 0 Å². The standard InChI is InChI=1S/C12H16ClNO2/c1-8(2)7-16-14-12(15)10-4-9(3)5-11(13)6-10/h4-6,8H,7H2,1-3H3,(H,14,15). The zero-order valence-corrected chi connectivity index (χ0v) is 10.5. The number of benzene rings is 1. The van der Waals surface area contributed by atoms with Gasteiger partial charge in [-0.2, -0.15) is 0 Å². The summed E-state index contributed by atoms with van der Waals surface area (Å²) in [5, 5.41) is 0.550. The average molecular weight is 242 g/mol. The third kappa shape index (κ3) is 4.21. The molecule has 0 atom stereocenters. The molecule has 88 valence electrons. The Kier molecular flexibility index (Phi) is 4.77. The van der Waals surface area contributed by atoms with Crippen molar-refractivity contribution in [1.29, 1.82) is 0 Å². The fourth-order valence-electron chi connectivity index (χ4n) is 1.20. The minimum atomic E-state index is -0.272. The van der Waals surface area contributed by atoms with Crippen LogP contribution in [0.1, 0.15) is 29.8 Å². The minimum Gasteiger partial charge on any atom is -0.273 e. The molecule has 0 bridgehead atoms. The van der Waals surface area contributed by atoms with Crippen molar-refractivity contribution in [3.8, 4) is 0 Å². The molecule has 4 heteroatoms. The van der Waals surface area contributed by atoms with Crippen LogP contribution in [-0.4, -0.2) is 12.5 Å². The van der Waals surface area contributed by atoms with E-state index in [-0.39, 0.29) is 5.91 Å². The van der Waals surface area contributed by atoms with Crippen LogP contribution in [-0.2, 0) is 4.84 Å². The summed E-state index contributed by atoms with van der Waals surface area (Å²) in [5.41, 5.74) is 3.84. The van der Waals surface area contributed by atoms with E-state index < -0.39 is 0 Å². The predicted molar refractivity (Wildman–Crippen MR) is 64.4 cm³/mol. The Hall–Kier alpha value is -1.06. The van der Waals surface area contributed by atoms with Gasteiger partial charge in [-0.05, 0) is 36.6 Å². The first kappa shape index (κ1) is 13.0. The van der Waals surface area contributed by atoms with Crippen LogP contribution < -0.4 is 5.48 Å². The van der Waals surface area contributed by atoms with Crippen molar-refractivity contribution in [2.75, 3.05) is 6.61 Å². The number of carbonyl (C=O) groups excluding carboxylic acids is 1. The zero-order valence-electron chi connectivity index (χ0n) is 9.71. The van der Waals surface area contributed by atoms with E-state index in [1.807, 2.05) is 20.8 Å². The second-order valence-corrected chi connectivity index (χ2v) is 4.59. The Morgan fingerprint density at radius 2 is 2.12 bits per heavy atom. The summed E-state index contributed by atoms with van der Waals surface area (Å²) in [7, 11) is 0. The van der Waals surface area contributed by atoms with Crippen molar-refractivity contribution in [1.82, 2.24) is 5.48 Å². The van der Waals surface area contributed by atoms with Crippen LogP contribution >= 0.6 is 11.6 Å². The number of aryl methyl sites for hydroxylation is 1. The van der Waals surface area contributed by atoms with Crippen LogP contribution in [0.2, 0.25) is 5.02 Å². The molecule has 0 spiro atoms. The van der Waals surface area contributed by atoms with Crippen molar-refractivity contribution in [2.45, 2.75) is 20.8 Å². The van der Waals surface area contributed by atoms with Gasteiger partial charge in [0.25, 0.3) is 5.91 Å². The topological polar surface area (TPSA) is 38.3 Å². The molecule has 0 saturated heterocycles. The van der Waals surface area contributed by atoms with Gasteiger partial charge < -0.3 is 0 Å². The molecule has 0 unspecified atom stereocenters. The van der Waals surface area contributed by atoms with Gasteiger partial charge in [0, 0.05) is 10.6 Å². The largest absolute Gasteiger partial charge is 0.274 e. The molecule has 1 aromatic rings. The zero-order chi connectivity index (χ0) is 12.1. The second kappa shape index (κ2) is 5.87. The fraction of sp³-hybridized carbons (Fsp3) is 0.417. The molecule has 0 aromatic heterocycles. The highest BCUT2D eigenvalue weighted by Gasteiger charge is 2.07. The van der Waals surface area contributed by atoms with E-state index in [2.05, 4.69) is 5.48 Å². The van der Waals surface area contributed by atoms with Crippen LogP contribution in [0, 0.1) is 12.8 Å². The number of hydrogen-bond donors (Lipinski definition) is 1. The van der Waals surface area contributed by atoms with Crippen molar-refractivity contribution in [2.24, 2.45) is 5.92 Å². The highest BCUT2D eigenvalue weighted by atomic mass is 35.5. The van der Waals surface area contributed by atoms with Crippen LogP contribution in [0.4, 0.5) is 0 Å². The second-order valence-electron chi connectivity index (χ2n) is 4.15. The van der Waals surface area contributed by atoms with Gasteiger partial charge in [0.05, 0.1) is 6.61 Å². The maximum atomic E-state index is 11.6. The smallest absolute Gasteiger partial charge is 0.273 e. The molecule has 0 saturated carbocycles. The summed E-state index contributed by atoms with van der Waals surface area (Å²) in [4.78, 5) is 16.7. The number of halogens is 1. The molecule has 16 heavy (non-hydrogen) atoms. The summed E-state index contributed by atoms with van der Waals surface area (Å²) in [6.07, 6.45) is 0. The quantitative estimate of drug-likeness (QED) is 0.823.